The molecule has 282 valence electrons. The lowest BCUT2D eigenvalue weighted by Gasteiger charge is -2.48. The molecule has 0 amide bonds. The summed E-state index contributed by atoms with van der Waals surface area (Å²) < 4.78 is 46.7. The van der Waals surface area contributed by atoms with Gasteiger partial charge in [-0.1, -0.05) is 98.8 Å². The quantitative estimate of drug-likeness (QED) is 0.191. The van der Waals surface area contributed by atoms with Crippen LogP contribution < -0.4 is 0 Å². The highest BCUT2D eigenvalue weighted by molar-refractivity contribution is 7.85. The molecular weight excluding hydrogens is 673 g/mol. The van der Waals surface area contributed by atoms with Crippen LogP contribution in [0.25, 0.3) is 0 Å². The molecule has 1 aromatic rings. The zero-order valence-corrected chi connectivity index (χ0v) is 36.6. The van der Waals surface area contributed by atoms with Gasteiger partial charge in [0.2, 0.25) is 0 Å². The molecule has 3 saturated carbocycles. The smallest absolute Gasteiger partial charge is 0.294 e. The van der Waals surface area contributed by atoms with Crippen molar-refractivity contribution in [2.75, 3.05) is 0 Å². The van der Waals surface area contributed by atoms with Crippen molar-refractivity contribution < 1.29 is 21.8 Å². The summed E-state index contributed by atoms with van der Waals surface area (Å²) in [6, 6.07) is 6.71. The highest BCUT2D eigenvalue weighted by Gasteiger charge is 2.51. The molecular formula is C42H70O5SSi2. The van der Waals surface area contributed by atoms with Gasteiger partial charge in [-0.25, -0.2) is 0 Å². The lowest BCUT2D eigenvalue weighted by molar-refractivity contribution is 0.0406. The third kappa shape index (κ3) is 8.90. The molecule has 1 aromatic carbocycles. The van der Waals surface area contributed by atoms with Gasteiger partial charge in [0.15, 0.2) is 16.6 Å². The number of rotatable bonds is 10. The summed E-state index contributed by atoms with van der Waals surface area (Å²) in [7, 11) is -8.22. The summed E-state index contributed by atoms with van der Waals surface area (Å²) in [6.45, 7) is 35.4. The molecule has 5 nitrogen and oxygen atoms in total. The minimum atomic E-state index is -4.16. The molecule has 0 aromatic heterocycles. The first kappa shape index (κ1) is 41.5. The molecule has 0 saturated heterocycles. The summed E-state index contributed by atoms with van der Waals surface area (Å²) in [5, 5.41) is 0.252. The first-order valence-corrected chi connectivity index (χ1v) is 26.5. The van der Waals surface area contributed by atoms with Crippen molar-refractivity contribution >= 4 is 26.8 Å². The average molecular weight is 743 g/mol. The van der Waals surface area contributed by atoms with Gasteiger partial charge in [-0.15, -0.1) is 0 Å². The van der Waals surface area contributed by atoms with Gasteiger partial charge >= 0.3 is 0 Å². The van der Waals surface area contributed by atoms with E-state index in [0.717, 1.165) is 30.4 Å². The van der Waals surface area contributed by atoms with E-state index in [9.17, 15) is 13.0 Å². The van der Waals surface area contributed by atoms with Crippen LogP contribution in [0.1, 0.15) is 113 Å². The third-order valence-electron chi connectivity index (χ3n) is 14.1. The topological polar surface area (TPSA) is 72.8 Å². The van der Waals surface area contributed by atoms with E-state index in [1.807, 2.05) is 12.1 Å². The van der Waals surface area contributed by atoms with E-state index >= 15 is 0 Å². The fourth-order valence-electron chi connectivity index (χ4n) is 8.63. The first-order chi connectivity index (χ1) is 22.8. The van der Waals surface area contributed by atoms with Gasteiger partial charge in [-0.05, 0) is 140 Å². The highest BCUT2D eigenvalue weighted by atomic mass is 32.2. The highest BCUT2D eigenvalue weighted by Crippen LogP contribution is 2.60. The molecule has 4 rings (SSSR count). The minimum Gasteiger partial charge on any atom is -0.413 e. The largest absolute Gasteiger partial charge is 0.413 e. The second kappa shape index (κ2) is 14.9. The lowest BCUT2D eigenvalue weighted by atomic mass is 9.60. The number of benzene rings is 1. The normalized spacial score (nSPS) is 30.9. The first-order valence-electron chi connectivity index (χ1n) is 19.3. The SMILES string of the molecule is C=C1/C(=C\C=C2/CCC[C@]3(C)[C@@H](C(C)CCc4ccc(S(=O)(=O)O)cc4)CC[C@@H]23)C[C@@H](O[Si](C)(C)C(C)(C)C)[C@H](C)[C@@H]1O[Si](C)(C)C(C)(C)C. The van der Waals surface area contributed by atoms with Crippen molar-refractivity contribution in [2.45, 2.75) is 167 Å². The Morgan fingerprint density at radius 2 is 1.56 bits per heavy atom. The van der Waals surface area contributed by atoms with Gasteiger partial charge in [0, 0.05) is 5.92 Å². The van der Waals surface area contributed by atoms with Crippen LogP contribution in [0.5, 0.6) is 0 Å². The van der Waals surface area contributed by atoms with Crippen LogP contribution >= 0.6 is 0 Å². The predicted octanol–water partition coefficient (Wildman–Crippen LogP) is 11.9. The Labute approximate surface area is 308 Å². The Kier molecular flexibility index (Phi) is 12.3. The Morgan fingerprint density at radius 3 is 2.12 bits per heavy atom. The number of aryl methyl sites for hydroxylation is 1. The fourth-order valence-corrected chi connectivity index (χ4v) is 11.9. The number of hydrogen-bond acceptors (Lipinski definition) is 4. The van der Waals surface area contributed by atoms with E-state index in [0.29, 0.717) is 17.8 Å². The summed E-state index contributed by atoms with van der Waals surface area (Å²) in [6.07, 6.45) is 14.0. The molecule has 0 bridgehead atoms. The van der Waals surface area contributed by atoms with E-state index in [-0.39, 0.29) is 38.5 Å². The van der Waals surface area contributed by atoms with E-state index in [1.165, 1.54) is 49.8 Å². The summed E-state index contributed by atoms with van der Waals surface area (Å²) in [5.41, 5.74) is 5.47. The minimum absolute atomic E-state index is 0.0402. The van der Waals surface area contributed by atoms with Crippen LogP contribution in [0.3, 0.4) is 0 Å². The standard InChI is InChI=1S/C42H70O5SSi2/c1-29(17-18-32-19-23-35(24-20-32)48(43,44)45)36-25-26-37-33(16-15-27-42(36,37)10)21-22-34-28-38(46-49(11,12)40(4,5)6)31(3)39(30(34)2)47-50(13,14)41(7,8)9/h19-24,29,31,36-39H,2,15-18,25-28H2,1,3-14H3,(H,43,44,45)/b33-21+,34-22-/t29?,31-,36+,37-,38+,39+,42+/m0/s1. The molecule has 0 heterocycles. The molecule has 7 atom stereocenters. The monoisotopic (exact) mass is 742 g/mol. The molecule has 0 radical (unpaired) electrons. The molecule has 3 fully saturated rings. The molecule has 1 N–H and O–H groups in total. The van der Waals surface area contributed by atoms with Gasteiger partial charge in [0.1, 0.15) is 0 Å². The summed E-state index contributed by atoms with van der Waals surface area (Å²) in [4.78, 5) is -0.0412. The van der Waals surface area contributed by atoms with Crippen LogP contribution in [0, 0.1) is 29.1 Å². The van der Waals surface area contributed by atoms with E-state index in [2.05, 4.69) is 101 Å². The van der Waals surface area contributed by atoms with Gasteiger partial charge in [0.05, 0.1) is 17.1 Å². The van der Waals surface area contributed by atoms with Gasteiger partial charge in [-0.2, -0.15) is 8.42 Å². The molecule has 50 heavy (non-hydrogen) atoms. The maximum atomic E-state index is 11.5. The van der Waals surface area contributed by atoms with E-state index in [1.54, 1.807) is 5.57 Å². The van der Waals surface area contributed by atoms with Crippen molar-refractivity contribution in [3.05, 3.63) is 65.3 Å². The maximum Gasteiger partial charge on any atom is 0.294 e. The average Bonchev–Trinajstić information content (AvgIpc) is 3.35. The Bertz CT molecular complexity index is 1540. The van der Waals surface area contributed by atoms with Crippen molar-refractivity contribution in [3.8, 4) is 0 Å². The van der Waals surface area contributed by atoms with E-state index < -0.39 is 26.8 Å². The molecule has 0 aliphatic heterocycles. The third-order valence-corrected chi connectivity index (χ3v) is 23.9. The Balaban J connectivity index is 1.56. The molecule has 3 aliphatic rings. The van der Waals surface area contributed by atoms with Crippen molar-refractivity contribution in [1.29, 1.82) is 0 Å². The fraction of sp³-hybridized carbons (Fsp3) is 0.714. The van der Waals surface area contributed by atoms with Crippen molar-refractivity contribution in [2.24, 2.45) is 29.1 Å². The van der Waals surface area contributed by atoms with Gasteiger partial charge in [0.25, 0.3) is 10.1 Å². The molecule has 8 heteroatoms. The molecule has 1 unspecified atom stereocenters. The number of hydrogen-bond donors (Lipinski definition) is 1. The summed E-state index contributed by atoms with van der Waals surface area (Å²) in [5.74, 6) is 2.08. The van der Waals surface area contributed by atoms with Crippen LogP contribution in [0.4, 0.5) is 0 Å². The second-order valence-electron chi connectivity index (χ2n) is 19.5. The Hall–Kier alpha value is -1.30. The number of allylic oxidation sites excluding steroid dienone is 3. The van der Waals surface area contributed by atoms with Crippen LogP contribution in [-0.4, -0.2) is 41.8 Å². The van der Waals surface area contributed by atoms with Crippen LogP contribution in [0.15, 0.2) is 64.6 Å². The van der Waals surface area contributed by atoms with Crippen LogP contribution in [0.2, 0.25) is 36.3 Å². The lowest BCUT2D eigenvalue weighted by Crippen LogP contribution is -2.53. The van der Waals surface area contributed by atoms with Gasteiger partial charge in [-0.3, -0.25) is 4.55 Å². The van der Waals surface area contributed by atoms with Crippen molar-refractivity contribution in [3.63, 3.8) is 0 Å². The zero-order valence-electron chi connectivity index (χ0n) is 33.8. The Morgan fingerprint density at radius 1 is 0.980 bits per heavy atom. The van der Waals surface area contributed by atoms with Gasteiger partial charge < -0.3 is 8.85 Å². The molecule has 0 spiro atoms. The van der Waals surface area contributed by atoms with Crippen LogP contribution in [-0.2, 0) is 25.4 Å². The number of fused-ring (bicyclic) bond motifs is 1. The maximum absolute atomic E-state index is 11.5. The van der Waals surface area contributed by atoms with Crippen molar-refractivity contribution in [1.82, 2.24) is 0 Å². The predicted molar refractivity (Wildman–Crippen MR) is 215 cm³/mol. The van der Waals surface area contributed by atoms with E-state index in [4.69, 9.17) is 15.4 Å². The molecule has 3 aliphatic carbocycles. The zero-order chi connectivity index (χ0) is 37.7. The second-order valence-corrected chi connectivity index (χ2v) is 30.4. The summed E-state index contributed by atoms with van der Waals surface area (Å²) >= 11 is 0.